The minimum atomic E-state index is -3.61. The summed E-state index contributed by atoms with van der Waals surface area (Å²) < 4.78 is 27.8. The van der Waals surface area contributed by atoms with Crippen molar-refractivity contribution in [2.75, 3.05) is 0 Å². The van der Waals surface area contributed by atoms with E-state index in [0.29, 0.717) is 0 Å². The molecule has 110 valence electrons. The molecule has 0 radical (unpaired) electrons. The number of alkyl halides is 2. The molecule has 21 heavy (non-hydrogen) atoms. The van der Waals surface area contributed by atoms with Crippen LogP contribution in [-0.2, 0) is 10.7 Å². The maximum Gasteiger partial charge on any atom is 0.327 e. The summed E-state index contributed by atoms with van der Waals surface area (Å²) in [5.41, 5.74) is 7.42. The maximum absolute atomic E-state index is 13.9. The standard InChI is InChI=1S/C16H15F2NO2/c1-10-2-4-11(5-3-10)12-6-8-13(9-7-12)16(17,18)14(19)15(20)21/h2-9,14H,19H2,1H3,(H,20,21). The number of benzene rings is 2. The lowest BCUT2D eigenvalue weighted by atomic mass is 9.97. The van der Waals surface area contributed by atoms with Gasteiger partial charge in [0.15, 0.2) is 6.04 Å². The number of carbonyl (C=O) groups is 1. The number of hydrogen-bond donors (Lipinski definition) is 2. The van der Waals surface area contributed by atoms with Gasteiger partial charge in [-0.1, -0.05) is 54.1 Å². The van der Waals surface area contributed by atoms with Crippen LogP contribution in [0.1, 0.15) is 11.1 Å². The van der Waals surface area contributed by atoms with Crippen LogP contribution in [0.5, 0.6) is 0 Å². The number of carboxylic acid groups (broad SMARTS) is 1. The third kappa shape index (κ3) is 3.08. The maximum atomic E-state index is 13.9. The van der Waals surface area contributed by atoms with Gasteiger partial charge in [0.05, 0.1) is 0 Å². The number of hydrogen-bond acceptors (Lipinski definition) is 2. The van der Waals surface area contributed by atoms with Crippen molar-refractivity contribution >= 4 is 5.97 Å². The molecule has 2 aromatic rings. The predicted molar refractivity (Wildman–Crippen MR) is 76.1 cm³/mol. The molecule has 0 aliphatic carbocycles. The minimum Gasteiger partial charge on any atom is -0.480 e. The Morgan fingerprint density at radius 1 is 1.05 bits per heavy atom. The Hall–Kier alpha value is -2.27. The molecule has 1 atom stereocenters. The molecule has 3 nitrogen and oxygen atoms in total. The summed E-state index contributed by atoms with van der Waals surface area (Å²) in [5, 5.41) is 8.63. The Morgan fingerprint density at radius 2 is 1.48 bits per heavy atom. The highest BCUT2D eigenvalue weighted by atomic mass is 19.3. The Bertz CT molecular complexity index is 636. The van der Waals surface area contributed by atoms with Crippen LogP contribution in [0, 0.1) is 6.92 Å². The second-order valence-corrected chi connectivity index (χ2v) is 4.88. The van der Waals surface area contributed by atoms with Gasteiger partial charge in [0.2, 0.25) is 0 Å². The molecule has 0 aliphatic rings. The summed E-state index contributed by atoms with van der Waals surface area (Å²) in [5.74, 6) is -5.35. The van der Waals surface area contributed by atoms with E-state index in [1.807, 2.05) is 31.2 Å². The van der Waals surface area contributed by atoms with Crippen LogP contribution in [0.2, 0.25) is 0 Å². The zero-order chi connectivity index (χ0) is 15.6. The van der Waals surface area contributed by atoms with E-state index in [-0.39, 0.29) is 0 Å². The molecule has 0 spiro atoms. The summed E-state index contributed by atoms with van der Waals surface area (Å²) >= 11 is 0. The second kappa shape index (κ2) is 5.61. The molecule has 0 aromatic heterocycles. The molecule has 0 fully saturated rings. The fourth-order valence-electron chi connectivity index (χ4n) is 1.97. The van der Waals surface area contributed by atoms with Gasteiger partial charge in [0, 0.05) is 5.56 Å². The zero-order valence-electron chi connectivity index (χ0n) is 11.4. The van der Waals surface area contributed by atoms with Crippen molar-refractivity contribution in [2.45, 2.75) is 18.9 Å². The summed E-state index contributed by atoms with van der Waals surface area (Å²) in [6, 6.07) is 10.9. The van der Waals surface area contributed by atoms with Gasteiger partial charge in [-0.05, 0) is 18.1 Å². The second-order valence-electron chi connectivity index (χ2n) is 4.88. The molecule has 2 rings (SSSR count). The third-order valence-electron chi connectivity index (χ3n) is 3.31. The first kappa shape index (κ1) is 15.1. The first-order valence-electron chi connectivity index (χ1n) is 6.36. The highest BCUT2D eigenvalue weighted by Gasteiger charge is 2.43. The monoisotopic (exact) mass is 291 g/mol. The van der Waals surface area contributed by atoms with Crippen molar-refractivity contribution in [3.05, 3.63) is 59.7 Å². The van der Waals surface area contributed by atoms with Gasteiger partial charge in [0.1, 0.15) is 0 Å². The highest BCUT2D eigenvalue weighted by Crippen LogP contribution is 2.32. The Labute approximate surface area is 121 Å². The fraction of sp³-hybridized carbons (Fsp3) is 0.188. The summed E-state index contributed by atoms with van der Waals surface area (Å²) in [4.78, 5) is 10.6. The fourth-order valence-corrected chi connectivity index (χ4v) is 1.97. The Morgan fingerprint density at radius 3 is 1.90 bits per heavy atom. The number of rotatable bonds is 4. The van der Waals surface area contributed by atoms with E-state index in [2.05, 4.69) is 0 Å². The first-order valence-corrected chi connectivity index (χ1v) is 6.36. The van der Waals surface area contributed by atoms with Crippen molar-refractivity contribution in [1.82, 2.24) is 0 Å². The van der Waals surface area contributed by atoms with Gasteiger partial charge in [-0.15, -0.1) is 0 Å². The lowest BCUT2D eigenvalue weighted by molar-refractivity contribution is -0.149. The van der Waals surface area contributed by atoms with E-state index < -0.39 is 23.5 Å². The molecule has 0 aliphatic heterocycles. The van der Waals surface area contributed by atoms with Crippen LogP contribution in [-0.4, -0.2) is 17.1 Å². The van der Waals surface area contributed by atoms with Gasteiger partial charge >= 0.3 is 5.97 Å². The van der Waals surface area contributed by atoms with Gasteiger partial charge in [0.25, 0.3) is 5.92 Å². The molecule has 2 aromatic carbocycles. The van der Waals surface area contributed by atoms with E-state index in [9.17, 15) is 13.6 Å². The van der Waals surface area contributed by atoms with E-state index in [1.165, 1.54) is 24.3 Å². The summed E-state index contributed by atoms with van der Waals surface area (Å²) in [7, 11) is 0. The van der Waals surface area contributed by atoms with Gasteiger partial charge < -0.3 is 10.8 Å². The van der Waals surface area contributed by atoms with E-state index in [4.69, 9.17) is 10.8 Å². The molecule has 0 bridgehead atoms. The highest BCUT2D eigenvalue weighted by molar-refractivity contribution is 5.75. The lowest BCUT2D eigenvalue weighted by Crippen LogP contribution is -2.45. The van der Waals surface area contributed by atoms with Crippen LogP contribution < -0.4 is 5.73 Å². The van der Waals surface area contributed by atoms with E-state index in [0.717, 1.165) is 16.7 Å². The lowest BCUT2D eigenvalue weighted by Gasteiger charge is -2.20. The van der Waals surface area contributed by atoms with Crippen LogP contribution in [0.4, 0.5) is 8.78 Å². The molecule has 3 N–H and O–H groups in total. The van der Waals surface area contributed by atoms with Crippen LogP contribution >= 0.6 is 0 Å². The van der Waals surface area contributed by atoms with Crippen molar-refractivity contribution in [1.29, 1.82) is 0 Å². The summed E-state index contributed by atoms with van der Waals surface area (Å²) in [6.45, 7) is 1.96. The summed E-state index contributed by atoms with van der Waals surface area (Å²) in [6.07, 6.45) is 0. The van der Waals surface area contributed by atoms with Crippen molar-refractivity contribution in [2.24, 2.45) is 5.73 Å². The van der Waals surface area contributed by atoms with Crippen LogP contribution in [0.15, 0.2) is 48.5 Å². The quantitative estimate of drug-likeness (QED) is 0.909. The molecule has 5 heteroatoms. The van der Waals surface area contributed by atoms with E-state index >= 15 is 0 Å². The third-order valence-corrected chi connectivity index (χ3v) is 3.31. The number of aryl methyl sites for hydroxylation is 1. The number of carboxylic acids is 1. The SMILES string of the molecule is Cc1ccc(-c2ccc(C(F)(F)C(N)C(=O)O)cc2)cc1. The zero-order valence-corrected chi connectivity index (χ0v) is 11.4. The van der Waals surface area contributed by atoms with Crippen molar-refractivity contribution in [3.63, 3.8) is 0 Å². The largest absolute Gasteiger partial charge is 0.480 e. The molecule has 1 unspecified atom stereocenters. The topological polar surface area (TPSA) is 63.3 Å². The van der Waals surface area contributed by atoms with E-state index in [1.54, 1.807) is 0 Å². The molecule has 0 amide bonds. The average Bonchev–Trinajstić information content (AvgIpc) is 2.47. The average molecular weight is 291 g/mol. The number of halogens is 2. The van der Waals surface area contributed by atoms with Crippen molar-refractivity contribution < 1.29 is 18.7 Å². The Kier molecular flexibility index (Phi) is 4.04. The number of nitrogens with two attached hydrogens (primary N) is 1. The van der Waals surface area contributed by atoms with Crippen LogP contribution in [0.25, 0.3) is 11.1 Å². The minimum absolute atomic E-state index is 0.409. The molecule has 0 saturated heterocycles. The number of aliphatic carboxylic acids is 1. The Balaban J connectivity index is 2.30. The molecular weight excluding hydrogens is 276 g/mol. The normalized spacial score (nSPS) is 13.0. The van der Waals surface area contributed by atoms with Crippen molar-refractivity contribution in [3.8, 4) is 11.1 Å². The van der Waals surface area contributed by atoms with Gasteiger partial charge in [-0.2, -0.15) is 8.78 Å². The van der Waals surface area contributed by atoms with Crippen LogP contribution in [0.3, 0.4) is 0 Å². The van der Waals surface area contributed by atoms with Gasteiger partial charge in [-0.3, -0.25) is 4.79 Å². The molecular formula is C16H15F2NO2. The smallest absolute Gasteiger partial charge is 0.327 e. The van der Waals surface area contributed by atoms with Gasteiger partial charge in [-0.25, -0.2) is 0 Å². The first-order chi connectivity index (χ1) is 9.82. The predicted octanol–water partition coefficient (Wildman–Crippen LogP) is 3.17. The molecule has 0 heterocycles. The molecule has 0 saturated carbocycles.